The van der Waals surface area contributed by atoms with E-state index in [0.717, 1.165) is 23.3 Å². The lowest BCUT2D eigenvalue weighted by atomic mass is 10.1. The fraction of sp³-hybridized carbons (Fsp3) is 0.241. The minimum atomic E-state index is -4.59. The second kappa shape index (κ2) is 12.5. The Labute approximate surface area is 227 Å². The predicted molar refractivity (Wildman–Crippen MR) is 141 cm³/mol. The maximum absolute atomic E-state index is 13.3. The van der Waals surface area contributed by atoms with E-state index < -0.39 is 35.8 Å². The van der Waals surface area contributed by atoms with Crippen molar-refractivity contribution < 1.29 is 32.2 Å². The van der Waals surface area contributed by atoms with Crippen LogP contribution in [0.15, 0.2) is 77.6 Å². The first-order valence-corrected chi connectivity index (χ1v) is 12.3. The van der Waals surface area contributed by atoms with E-state index in [1.54, 1.807) is 55.6 Å². The molecule has 0 saturated carbocycles. The van der Waals surface area contributed by atoms with Crippen LogP contribution >= 0.6 is 0 Å². The van der Waals surface area contributed by atoms with Crippen molar-refractivity contribution in [3.63, 3.8) is 0 Å². The molecule has 8 nitrogen and oxygen atoms in total. The van der Waals surface area contributed by atoms with Gasteiger partial charge in [-0.15, -0.1) is 0 Å². The maximum atomic E-state index is 13.3. The first-order chi connectivity index (χ1) is 19.1. The number of ether oxygens (including phenoxy) is 2. The molecule has 0 radical (unpaired) electrons. The molecule has 40 heavy (non-hydrogen) atoms. The molecule has 1 heterocycles. The number of methoxy groups -OCH3 is 1. The standard InChI is InChI=1S/C29H26F3N3O5/c1-39-22-10-7-19(8-11-22)16-33-26(36)18-40-27(37)14-12-23-28(38)35(17-20-5-3-2-4-6-20)25-13-9-21(29(30,31)32)15-24(25)34-23/h2-11,13,15H,12,14,16-18H2,1H3,(H,33,36). The van der Waals surface area contributed by atoms with Crippen LogP contribution in [-0.2, 0) is 40.0 Å². The molecule has 3 aromatic carbocycles. The second-order valence-corrected chi connectivity index (χ2v) is 8.92. The summed E-state index contributed by atoms with van der Waals surface area (Å²) in [6.45, 7) is -0.189. The summed E-state index contributed by atoms with van der Waals surface area (Å²) >= 11 is 0. The van der Waals surface area contributed by atoms with E-state index in [0.29, 0.717) is 5.75 Å². The van der Waals surface area contributed by atoms with E-state index in [1.807, 2.05) is 6.07 Å². The van der Waals surface area contributed by atoms with Crippen molar-refractivity contribution in [2.45, 2.75) is 32.1 Å². The molecule has 1 aromatic heterocycles. The number of esters is 1. The number of hydrogen-bond acceptors (Lipinski definition) is 6. The minimum Gasteiger partial charge on any atom is -0.497 e. The van der Waals surface area contributed by atoms with Crippen LogP contribution in [0, 0.1) is 0 Å². The highest BCUT2D eigenvalue weighted by molar-refractivity contribution is 5.80. The Morgan fingerprint density at radius 3 is 2.38 bits per heavy atom. The number of aryl methyl sites for hydroxylation is 1. The average Bonchev–Trinajstić information content (AvgIpc) is 2.95. The van der Waals surface area contributed by atoms with Gasteiger partial charge in [0.15, 0.2) is 6.61 Å². The van der Waals surface area contributed by atoms with Crippen LogP contribution < -0.4 is 15.6 Å². The summed E-state index contributed by atoms with van der Waals surface area (Å²) in [5.74, 6) is -0.588. The summed E-state index contributed by atoms with van der Waals surface area (Å²) in [5.41, 5.74) is 0.299. The van der Waals surface area contributed by atoms with Crippen molar-refractivity contribution in [2.75, 3.05) is 13.7 Å². The van der Waals surface area contributed by atoms with Crippen LogP contribution in [0.3, 0.4) is 0 Å². The second-order valence-electron chi connectivity index (χ2n) is 8.92. The number of carbonyl (C=O) groups is 2. The number of nitrogens with zero attached hydrogens (tertiary/aromatic N) is 2. The van der Waals surface area contributed by atoms with Crippen LogP contribution in [0.5, 0.6) is 5.75 Å². The van der Waals surface area contributed by atoms with Gasteiger partial charge in [-0.25, -0.2) is 4.98 Å². The van der Waals surface area contributed by atoms with Gasteiger partial charge in [0.2, 0.25) is 0 Å². The summed E-state index contributed by atoms with van der Waals surface area (Å²) in [6, 6.07) is 19.0. The fourth-order valence-corrected chi connectivity index (χ4v) is 4.00. The summed E-state index contributed by atoms with van der Waals surface area (Å²) in [5, 5.41) is 2.63. The van der Waals surface area contributed by atoms with Gasteiger partial charge in [-0.3, -0.25) is 14.4 Å². The molecule has 1 N–H and O–H groups in total. The van der Waals surface area contributed by atoms with E-state index in [2.05, 4.69) is 10.3 Å². The minimum absolute atomic E-state index is 0.0216. The Hall–Kier alpha value is -4.67. The molecule has 0 aliphatic heterocycles. The molecular weight excluding hydrogens is 527 g/mol. The number of amides is 1. The lowest BCUT2D eigenvalue weighted by molar-refractivity contribution is -0.148. The zero-order valence-electron chi connectivity index (χ0n) is 21.5. The molecule has 0 fully saturated rings. The Morgan fingerprint density at radius 1 is 0.975 bits per heavy atom. The monoisotopic (exact) mass is 553 g/mol. The molecule has 0 saturated heterocycles. The summed E-state index contributed by atoms with van der Waals surface area (Å²) in [6.07, 6.45) is -5.05. The van der Waals surface area contributed by atoms with Gasteiger partial charge >= 0.3 is 12.1 Å². The zero-order chi connectivity index (χ0) is 28.7. The third-order valence-corrected chi connectivity index (χ3v) is 6.10. The van der Waals surface area contributed by atoms with Gasteiger partial charge in [0.25, 0.3) is 11.5 Å². The molecule has 0 aliphatic rings. The number of alkyl halides is 3. The molecule has 0 aliphatic carbocycles. The van der Waals surface area contributed by atoms with Crippen LogP contribution in [0.4, 0.5) is 13.2 Å². The predicted octanol–water partition coefficient (Wildman–Crippen LogP) is 4.26. The highest BCUT2D eigenvalue weighted by atomic mass is 19.4. The van der Waals surface area contributed by atoms with Crippen LogP contribution in [0.2, 0.25) is 0 Å². The Morgan fingerprint density at radius 2 is 1.70 bits per heavy atom. The average molecular weight is 554 g/mol. The number of nitrogens with one attached hydrogen (secondary N) is 1. The van der Waals surface area contributed by atoms with Crippen molar-refractivity contribution in [1.29, 1.82) is 0 Å². The normalized spacial score (nSPS) is 11.3. The number of aromatic nitrogens is 2. The van der Waals surface area contributed by atoms with Crippen LogP contribution in [0.1, 0.15) is 28.8 Å². The van der Waals surface area contributed by atoms with E-state index >= 15 is 0 Å². The van der Waals surface area contributed by atoms with Crippen molar-refractivity contribution >= 4 is 22.9 Å². The molecule has 4 aromatic rings. The molecule has 0 atom stereocenters. The molecule has 0 bridgehead atoms. The Kier molecular flexibility index (Phi) is 8.83. The van der Waals surface area contributed by atoms with E-state index in [4.69, 9.17) is 9.47 Å². The van der Waals surface area contributed by atoms with Gasteiger partial charge < -0.3 is 19.4 Å². The Bertz CT molecular complexity index is 1550. The van der Waals surface area contributed by atoms with Crippen molar-refractivity contribution in [1.82, 2.24) is 14.9 Å². The summed E-state index contributed by atoms with van der Waals surface area (Å²) < 4.78 is 51.4. The summed E-state index contributed by atoms with van der Waals surface area (Å²) in [7, 11) is 1.55. The fourth-order valence-electron chi connectivity index (χ4n) is 4.00. The highest BCUT2D eigenvalue weighted by Crippen LogP contribution is 2.31. The molecule has 0 unspecified atom stereocenters. The van der Waals surface area contributed by atoms with Crippen molar-refractivity contribution in [3.8, 4) is 5.75 Å². The third kappa shape index (κ3) is 7.25. The molecule has 1 amide bonds. The van der Waals surface area contributed by atoms with Gasteiger partial charge in [0, 0.05) is 13.0 Å². The van der Waals surface area contributed by atoms with Crippen LogP contribution in [0.25, 0.3) is 11.0 Å². The molecular formula is C29H26F3N3O5. The largest absolute Gasteiger partial charge is 0.497 e. The number of benzene rings is 3. The first kappa shape index (κ1) is 28.3. The van der Waals surface area contributed by atoms with Crippen LogP contribution in [-0.4, -0.2) is 35.1 Å². The molecule has 0 spiro atoms. The number of rotatable bonds is 10. The Balaban J connectivity index is 1.43. The molecule has 208 valence electrons. The van der Waals surface area contributed by atoms with Crippen molar-refractivity contribution in [2.24, 2.45) is 0 Å². The number of hydrogen-bond donors (Lipinski definition) is 1. The first-order valence-electron chi connectivity index (χ1n) is 12.3. The number of fused-ring (bicyclic) bond motifs is 1. The highest BCUT2D eigenvalue weighted by Gasteiger charge is 2.31. The van der Waals surface area contributed by atoms with Gasteiger partial charge in [-0.05, 0) is 41.5 Å². The lowest BCUT2D eigenvalue weighted by Crippen LogP contribution is -2.29. The van der Waals surface area contributed by atoms with E-state index in [-0.39, 0.29) is 42.7 Å². The lowest BCUT2D eigenvalue weighted by Gasteiger charge is -2.14. The van der Waals surface area contributed by atoms with Gasteiger partial charge in [0.05, 0.1) is 36.7 Å². The summed E-state index contributed by atoms with van der Waals surface area (Å²) in [4.78, 5) is 41.8. The van der Waals surface area contributed by atoms with Gasteiger partial charge in [-0.2, -0.15) is 13.2 Å². The topological polar surface area (TPSA) is 99.5 Å². The molecule has 11 heteroatoms. The number of carbonyl (C=O) groups excluding carboxylic acids is 2. The zero-order valence-corrected chi connectivity index (χ0v) is 21.5. The van der Waals surface area contributed by atoms with Gasteiger partial charge in [0.1, 0.15) is 11.4 Å². The van der Waals surface area contributed by atoms with E-state index in [1.165, 1.54) is 10.6 Å². The molecule has 4 rings (SSSR count). The smallest absolute Gasteiger partial charge is 0.416 e. The maximum Gasteiger partial charge on any atom is 0.416 e. The van der Waals surface area contributed by atoms with Gasteiger partial charge in [-0.1, -0.05) is 42.5 Å². The van der Waals surface area contributed by atoms with Crippen molar-refractivity contribution in [3.05, 3.63) is 106 Å². The van der Waals surface area contributed by atoms with E-state index in [9.17, 15) is 27.6 Å². The number of halogens is 3. The third-order valence-electron chi connectivity index (χ3n) is 6.10. The SMILES string of the molecule is COc1ccc(CNC(=O)COC(=O)CCc2nc3cc(C(F)(F)F)ccc3n(Cc3ccccc3)c2=O)cc1. The quantitative estimate of drug-likeness (QED) is 0.295.